The van der Waals surface area contributed by atoms with E-state index in [0.717, 1.165) is 22.6 Å². The van der Waals surface area contributed by atoms with Gasteiger partial charge in [-0.1, -0.05) is 12.1 Å². The zero-order chi connectivity index (χ0) is 17.8. The molecular formula is C17H19N7O. The van der Waals surface area contributed by atoms with Gasteiger partial charge < -0.3 is 0 Å². The van der Waals surface area contributed by atoms with Crippen LogP contribution in [0.5, 0.6) is 0 Å². The number of amides is 1. The highest BCUT2D eigenvalue weighted by Crippen LogP contribution is 2.09. The molecule has 0 radical (unpaired) electrons. The molecule has 0 aliphatic carbocycles. The molecule has 0 aliphatic heterocycles. The summed E-state index contributed by atoms with van der Waals surface area (Å²) in [5, 5.41) is 12.5. The summed E-state index contributed by atoms with van der Waals surface area (Å²) >= 11 is 0. The van der Waals surface area contributed by atoms with E-state index in [2.05, 4.69) is 25.7 Å². The molecular weight excluding hydrogens is 318 g/mol. The summed E-state index contributed by atoms with van der Waals surface area (Å²) in [6.45, 7) is 5.79. The van der Waals surface area contributed by atoms with Crippen molar-refractivity contribution >= 4 is 11.6 Å². The minimum Gasteiger partial charge on any atom is -0.271 e. The van der Waals surface area contributed by atoms with Gasteiger partial charge in [-0.15, -0.1) is 0 Å². The Balaban J connectivity index is 1.63. The van der Waals surface area contributed by atoms with Crippen LogP contribution in [0, 0.1) is 13.8 Å². The van der Waals surface area contributed by atoms with Crippen LogP contribution in [0.25, 0.3) is 5.69 Å². The molecule has 0 saturated heterocycles. The molecule has 0 unspecified atom stereocenters. The van der Waals surface area contributed by atoms with E-state index in [0.29, 0.717) is 5.71 Å². The van der Waals surface area contributed by atoms with Gasteiger partial charge in [0.05, 0.1) is 17.1 Å². The van der Waals surface area contributed by atoms with Gasteiger partial charge in [-0.3, -0.25) is 9.48 Å². The third kappa shape index (κ3) is 3.97. The molecule has 3 rings (SSSR count). The number of benzene rings is 1. The Bertz CT molecular complexity index is 892. The Hall–Kier alpha value is -3.29. The average Bonchev–Trinajstić information content (AvgIpc) is 3.23. The Morgan fingerprint density at radius 1 is 1.24 bits per heavy atom. The van der Waals surface area contributed by atoms with Crippen molar-refractivity contribution < 1.29 is 4.79 Å². The Kier molecular flexibility index (Phi) is 4.69. The van der Waals surface area contributed by atoms with Crippen molar-refractivity contribution in [2.75, 3.05) is 0 Å². The van der Waals surface area contributed by atoms with E-state index in [4.69, 9.17) is 0 Å². The first kappa shape index (κ1) is 16.6. The van der Waals surface area contributed by atoms with Gasteiger partial charge in [0.15, 0.2) is 0 Å². The predicted molar refractivity (Wildman–Crippen MR) is 93.4 cm³/mol. The van der Waals surface area contributed by atoms with Crippen molar-refractivity contribution in [2.45, 2.75) is 27.3 Å². The van der Waals surface area contributed by atoms with Gasteiger partial charge in [0.1, 0.15) is 19.2 Å². The average molecular weight is 337 g/mol. The SMILES string of the molecule is C/C(=N\NC(=O)Cn1nc(C)cc1C)c1ccc(-n2cncn2)cc1. The van der Waals surface area contributed by atoms with Crippen molar-refractivity contribution in [3.63, 3.8) is 0 Å². The van der Waals surface area contributed by atoms with Crippen molar-refractivity contribution in [2.24, 2.45) is 5.10 Å². The Morgan fingerprint density at radius 3 is 2.60 bits per heavy atom. The number of nitrogens with zero attached hydrogens (tertiary/aromatic N) is 6. The molecule has 8 heteroatoms. The second-order valence-corrected chi connectivity index (χ2v) is 5.70. The highest BCUT2D eigenvalue weighted by Gasteiger charge is 2.07. The molecule has 2 heterocycles. The second-order valence-electron chi connectivity index (χ2n) is 5.70. The quantitative estimate of drug-likeness (QED) is 0.566. The van der Waals surface area contributed by atoms with Crippen molar-refractivity contribution in [3.8, 4) is 5.69 Å². The molecule has 25 heavy (non-hydrogen) atoms. The lowest BCUT2D eigenvalue weighted by molar-refractivity contribution is -0.121. The first-order valence-electron chi connectivity index (χ1n) is 7.82. The number of hydrogen-bond donors (Lipinski definition) is 1. The van der Waals surface area contributed by atoms with E-state index in [1.165, 1.54) is 6.33 Å². The molecule has 128 valence electrons. The summed E-state index contributed by atoms with van der Waals surface area (Å²) in [6, 6.07) is 9.60. The summed E-state index contributed by atoms with van der Waals surface area (Å²) in [6.07, 6.45) is 3.12. The van der Waals surface area contributed by atoms with Gasteiger partial charge in [0, 0.05) is 5.69 Å². The van der Waals surface area contributed by atoms with Crippen molar-refractivity contribution in [3.05, 3.63) is 59.9 Å². The van der Waals surface area contributed by atoms with Crippen LogP contribution >= 0.6 is 0 Å². The van der Waals surface area contributed by atoms with E-state index in [-0.39, 0.29) is 12.5 Å². The molecule has 2 aromatic heterocycles. The summed E-state index contributed by atoms with van der Waals surface area (Å²) in [5.74, 6) is -0.218. The van der Waals surface area contributed by atoms with E-state index in [1.54, 1.807) is 15.7 Å². The van der Waals surface area contributed by atoms with Crippen molar-refractivity contribution in [1.82, 2.24) is 30.0 Å². The maximum Gasteiger partial charge on any atom is 0.261 e. The summed E-state index contributed by atoms with van der Waals surface area (Å²) < 4.78 is 3.33. The lowest BCUT2D eigenvalue weighted by Gasteiger charge is -2.06. The maximum atomic E-state index is 12.0. The van der Waals surface area contributed by atoms with E-state index in [1.807, 2.05) is 51.1 Å². The van der Waals surface area contributed by atoms with Gasteiger partial charge in [-0.2, -0.15) is 15.3 Å². The summed E-state index contributed by atoms with van der Waals surface area (Å²) in [4.78, 5) is 15.9. The first-order chi connectivity index (χ1) is 12.0. The van der Waals surface area contributed by atoms with Crippen molar-refractivity contribution in [1.29, 1.82) is 0 Å². The molecule has 0 atom stereocenters. The van der Waals surface area contributed by atoms with Gasteiger partial charge >= 0.3 is 0 Å². The minimum atomic E-state index is -0.218. The number of carbonyl (C=O) groups is 1. The molecule has 1 amide bonds. The fraction of sp³-hybridized carbons (Fsp3) is 0.235. The zero-order valence-corrected chi connectivity index (χ0v) is 14.3. The lowest BCUT2D eigenvalue weighted by atomic mass is 10.1. The largest absolute Gasteiger partial charge is 0.271 e. The number of nitrogens with one attached hydrogen (secondary N) is 1. The maximum absolute atomic E-state index is 12.0. The number of hydrogen-bond acceptors (Lipinski definition) is 5. The number of rotatable bonds is 5. The third-order valence-electron chi connectivity index (χ3n) is 3.71. The summed E-state index contributed by atoms with van der Waals surface area (Å²) in [7, 11) is 0. The van der Waals surface area contributed by atoms with Gasteiger partial charge in [0.2, 0.25) is 0 Å². The highest BCUT2D eigenvalue weighted by atomic mass is 16.2. The second kappa shape index (κ2) is 7.08. The standard InChI is InChI=1S/C17H19N7O/c1-12-8-13(2)23(22-12)9-17(25)21-20-14(3)15-4-6-16(7-5-15)24-11-18-10-19-24/h4-8,10-11H,9H2,1-3H3,(H,21,25)/b20-14+. The minimum absolute atomic E-state index is 0.141. The van der Waals surface area contributed by atoms with E-state index < -0.39 is 0 Å². The molecule has 0 bridgehead atoms. The predicted octanol–water partition coefficient (Wildman–Crippen LogP) is 1.62. The van der Waals surface area contributed by atoms with E-state index in [9.17, 15) is 4.79 Å². The molecule has 0 spiro atoms. The lowest BCUT2D eigenvalue weighted by Crippen LogP contribution is -2.25. The van der Waals surface area contributed by atoms with Crippen LogP contribution in [-0.4, -0.2) is 36.2 Å². The normalized spacial score (nSPS) is 11.6. The van der Waals surface area contributed by atoms with Crippen LogP contribution in [0.1, 0.15) is 23.9 Å². The Labute approximate surface area is 145 Å². The fourth-order valence-electron chi connectivity index (χ4n) is 2.41. The van der Waals surface area contributed by atoms with Crippen LogP contribution in [-0.2, 0) is 11.3 Å². The van der Waals surface area contributed by atoms with Crippen LogP contribution in [0.2, 0.25) is 0 Å². The summed E-state index contributed by atoms with van der Waals surface area (Å²) in [5.41, 5.74) is 6.93. The van der Waals surface area contributed by atoms with Crippen LogP contribution in [0.4, 0.5) is 0 Å². The van der Waals surface area contributed by atoms with E-state index >= 15 is 0 Å². The molecule has 1 aromatic carbocycles. The van der Waals surface area contributed by atoms with Crippen LogP contribution in [0.3, 0.4) is 0 Å². The molecule has 3 aromatic rings. The first-order valence-corrected chi connectivity index (χ1v) is 7.82. The fourth-order valence-corrected chi connectivity index (χ4v) is 2.41. The number of aryl methyl sites for hydroxylation is 2. The number of carbonyl (C=O) groups excluding carboxylic acids is 1. The number of aromatic nitrogens is 5. The molecule has 0 aliphatic rings. The topological polar surface area (TPSA) is 90.0 Å². The smallest absolute Gasteiger partial charge is 0.261 e. The molecule has 0 saturated carbocycles. The third-order valence-corrected chi connectivity index (χ3v) is 3.71. The van der Waals surface area contributed by atoms with Gasteiger partial charge in [-0.05, 0) is 44.5 Å². The number of hydrazone groups is 1. The molecule has 0 fully saturated rings. The monoisotopic (exact) mass is 337 g/mol. The Morgan fingerprint density at radius 2 is 2.00 bits per heavy atom. The van der Waals surface area contributed by atoms with Crippen LogP contribution < -0.4 is 5.43 Å². The zero-order valence-electron chi connectivity index (χ0n) is 14.3. The van der Waals surface area contributed by atoms with Gasteiger partial charge in [0.25, 0.3) is 5.91 Å². The highest BCUT2D eigenvalue weighted by molar-refractivity contribution is 5.99. The molecule has 1 N–H and O–H groups in total. The van der Waals surface area contributed by atoms with Gasteiger partial charge in [-0.25, -0.2) is 15.1 Å². The van der Waals surface area contributed by atoms with Crippen LogP contribution in [0.15, 0.2) is 48.1 Å². The molecule has 8 nitrogen and oxygen atoms in total.